The molecule has 0 aromatic rings. The van der Waals surface area contributed by atoms with Crippen LogP contribution in [-0.2, 0) is 18.9 Å². The van der Waals surface area contributed by atoms with Gasteiger partial charge in [-0.3, -0.25) is 0 Å². The van der Waals surface area contributed by atoms with E-state index in [-0.39, 0.29) is 18.2 Å². The summed E-state index contributed by atoms with van der Waals surface area (Å²) in [7, 11) is 3.54. The van der Waals surface area contributed by atoms with E-state index in [0.717, 1.165) is 0 Å². The zero-order valence-corrected chi connectivity index (χ0v) is 9.01. The molecule has 0 aromatic heterocycles. The highest BCUT2D eigenvalue weighted by Crippen LogP contribution is 2.43. The fraction of sp³-hybridized carbons (Fsp3) is 0.778. The third kappa shape index (κ3) is 1.40. The van der Waals surface area contributed by atoms with Gasteiger partial charge in [-0.25, -0.2) is 0 Å². The Morgan fingerprint density at radius 3 is 3.00 bits per heavy atom. The van der Waals surface area contributed by atoms with Crippen molar-refractivity contribution in [2.45, 2.75) is 30.0 Å². The molecule has 2 rings (SSSR count). The number of methoxy groups -OCH3 is 1. The summed E-state index contributed by atoms with van der Waals surface area (Å²) >= 11 is 0. The minimum atomic E-state index is -0.701. The fourth-order valence-corrected chi connectivity index (χ4v) is 2.42. The molecule has 2 bridgehead atoms. The first-order valence-electron chi connectivity index (χ1n) is 5.00. The predicted molar refractivity (Wildman–Crippen MR) is 55.9 cm³/mol. The number of hydrogen-bond acceptors (Lipinski definition) is 5. The van der Waals surface area contributed by atoms with Gasteiger partial charge in [-0.15, -0.1) is 0 Å². The monoisotopic (exact) mass is 213 g/mol. The maximum atomic E-state index is 5.88. The molecule has 0 amide bonds. The van der Waals surface area contributed by atoms with E-state index in [1.165, 1.54) is 6.26 Å². The van der Waals surface area contributed by atoms with Gasteiger partial charge in [0, 0.05) is 7.11 Å². The van der Waals surface area contributed by atoms with E-state index in [0.29, 0.717) is 6.61 Å². The van der Waals surface area contributed by atoms with Gasteiger partial charge in [-0.2, -0.15) is 0 Å². The van der Waals surface area contributed by atoms with Gasteiger partial charge < -0.3 is 24.7 Å². The Hall–Kier alpha value is -0.555. The van der Waals surface area contributed by atoms with Crippen LogP contribution in [0.25, 0.3) is 0 Å². The summed E-state index contributed by atoms with van der Waals surface area (Å²) in [5.74, 6) is 0. The van der Waals surface area contributed by atoms with E-state index < -0.39 is 11.8 Å². The van der Waals surface area contributed by atoms with Gasteiger partial charge in [0.2, 0.25) is 0 Å². The van der Waals surface area contributed by atoms with Gasteiger partial charge >= 0.3 is 0 Å². The molecule has 6 heteroatoms. The number of fused-ring (bicyclic) bond motifs is 2. The highest BCUT2D eigenvalue weighted by Gasteiger charge is 2.65. The molecule has 0 spiro atoms. The van der Waals surface area contributed by atoms with Crippen LogP contribution in [-0.4, -0.2) is 51.6 Å². The normalized spacial score (nSPS) is 48.1. The molecule has 2 aliphatic heterocycles. The molecule has 84 valence electrons. The molecule has 15 heavy (non-hydrogen) atoms. The van der Waals surface area contributed by atoms with E-state index in [1.807, 2.05) is 7.85 Å². The van der Waals surface area contributed by atoms with Crippen LogP contribution < -0.4 is 5.73 Å². The van der Waals surface area contributed by atoms with Crippen LogP contribution in [0.4, 0.5) is 0 Å². The van der Waals surface area contributed by atoms with Crippen molar-refractivity contribution < 1.29 is 18.9 Å². The second-order valence-corrected chi connectivity index (χ2v) is 3.96. The van der Waals surface area contributed by atoms with E-state index in [9.17, 15) is 0 Å². The summed E-state index contributed by atoms with van der Waals surface area (Å²) in [6, 6.07) is -0.0371. The SMILES string of the molecule is BC1OC2(COC)C(N)OC1C2OC=C. The van der Waals surface area contributed by atoms with Gasteiger partial charge in [0.15, 0.2) is 11.7 Å². The lowest BCUT2D eigenvalue weighted by atomic mass is 9.91. The van der Waals surface area contributed by atoms with Crippen molar-refractivity contribution in [1.29, 1.82) is 0 Å². The molecule has 0 saturated carbocycles. The molecule has 5 atom stereocenters. The molecule has 5 nitrogen and oxygen atoms in total. The quantitative estimate of drug-likeness (QED) is 0.458. The molecule has 2 N–H and O–H groups in total. The molecule has 2 saturated heterocycles. The third-order valence-electron chi connectivity index (χ3n) is 3.05. The van der Waals surface area contributed by atoms with Crippen LogP contribution in [0.2, 0.25) is 0 Å². The molecule has 2 fully saturated rings. The first kappa shape index (κ1) is 10.9. The van der Waals surface area contributed by atoms with E-state index >= 15 is 0 Å². The van der Waals surface area contributed by atoms with Crippen LogP contribution >= 0.6 is 0 Å². The Bertz CT molecular complexity index is 264. The highest BCUT2D eigenvalue weighted by molar-refractivity contribution is 6.11. The standard InChI is InChI=1S/C9H16BNO4/c1-3-13-6-5-7(10)15-9(6,4-12-2)8(11)14-5/h3,5-8H,1,4,10-11H2,2H3. The van der Waals surface area contributed by atoms with Crippen molar-refractivity contribution in [3.63, 3.8) is 0 Å². The third-order valence-corrected chi connectivity index (χ3v) is 3.05. The van der Waals surface area contributed by atoms with Crippen LogP contribution in [0.15, 0.2) is 12.8 Å². The lowest BCUT2D eigenvalue weighted by Gasteiger charge is -2.34. The lowest BCUT2D eigenvalue weighted by Crippen LogP contribution is -2.56. The van der Waals surface area contributed by atoms with Crippen LogP contribution in [0, 0.1) is 0 Å². The van der Waals surface area contributed by atoms with Crippen molar-refractivity contribution in [2.75, 3.05) is 13.7 Å². The summed E-state index contributed by atoms with van der Waals surface area (Å²) < 4.78 is 22.0. The summed E-state index contributed by atoms with van der Waals surface area (Å²) in [5, 5.41) is 0. The molecule has 5 unspecified atom stereocenters. The summed E-state index contributed by atoms with van der Waals surface area (Å²) in [6.07, 6.45) is 0.502. The zero-order chi connectivity index (χ0) is 11.1. The topological polar surface area (TPSA) is 62.9 Å². The maximum absolute atomic E-state index is 5.88. The van der Waals surface area contributed by atoms with Crippen LogP contribution in [0.5, 0.6) is 0 Å². The first-order chi connectivity index (χ1) is 7.15. The minimum absolute atomic E-state index is 0.0371. The van der Waals surface area contributed by atoms with Crippen molar-refractivity contribution in [3.8, 4) is 0 Å². The van der Waals surface area contributed by atoms with Crippen molar-refractivity contribution >= 4 is 7.85 Å². The molecule has 0 aromatic carbocycles. The first-order valence-corrected chi connectivity index (χ1v) is 5.00. The average Bonchev–Trinajstić information content (AvgIpc) is 2.57. The van der Waals surface area contributed by atoms with Gasteiger partial charge in [0.05, 0.1) is 18.9 Å². The molecule has 0 radical (unpaired) electrons. The van der Waals surface area contributed by atoms with Gasteiger partial charge in [0.25, 0.3) is 0 Å². The largest absolute Gasteiger partial charge is 0.493 e. The Labute approximate surface area is 89.9 Å². The number of nitrogens with two attached hydrogens (primary N) is 1. The maximum Gasteiger partial charge on any atom is 0.169 e. The van der Waals surface area contributed by atoms with E-state index in [2.05, 4.69) is 6.58 Å². The van der Waals surface area contributed by atoms with Crippen LogP contribution in [0.3, 0.4) is 0 Å². The molecular formula is C9H16BNO4. The van der Waals surface area contributed by atoms with Gasteiger partial charge in [0.1, 0.15) is 20.2 Å². The van der Waals surface area contributed by atoms with Crippen molar-refractivity contribution in [1.82, 2.24) is 0 Å². The molecule has 2 heterocycles. The molecule has 2 aliphatic rings. The van der Waals surface area contributed by atoms with Gasteiger partial charge in [-0.1, -0.05) is 6.58 Å². The number of rotatable bonds is 4. The van der Waals surface area contributed by atoms with E-state index in [4.69, 9.17) is 24.7 Å². The fourth-order valence-electron chi connectivity index (χ4n) is 2.42. The Balaban J connectivity index is 2.25. The summed E-state index contributed by atoms with van der Waals surface area (Å²) in [6.45, 7) is 3.90. The Kier molecular flexibility index (Phi) is 2.76. The van der Waals surface area contributed by atoms with Crippen molar-refractivity contribution in [2.24, 2.45) is 5.73 Å². The zero-order valence-electron chi connectivity index (χ0n) is 9.01. The van der Waals surface area contributed by atoms with Crippen molar-refractivity contribution in [3.05, 3.63) is 12.8 Å². The van der Waals surface area contributed by atoms with Crippen LogP contribution in [0.1, 0.15) is 0 Å². The Morgan fingerprint density at radius 1 is 1.67 bits per heavy atom. The molecule has 0 aliphatic carbocycles. The average molecular weight is 213 g/mol. The molecular weight excluding hydrogens is 197 g/mol. The Morgan fingerprint density at radius 2 is 2.40 bits per heavy atom. The second kappa shape index (κ2) is 3.79. The highest BCUT2D eigenvalue weighted by atomic mass is 16.7. The number of ether oxygens (including phenoxy) is 4. The van der Waals surface area contributed by atoms with E-state index in [1.54, 1.807) is 7.11 Å². The second-order valence-electron chi connectivity index (χ2n) is 3.96. The summed E-state index contributed by atoms with van der Waals surface area (Å²) in [4.78, 5) is 0. The minimum Gasteiger partial charge on any atom is -0.493 e. The lowest BCUT2D eigenvalue weighted by molar-refractivity contribution is -0.181. The smallest absolute Gasteiger partial charge is 0.169 e. The summed E-state index contributed by atoms with van der Waals surface area (Å²) in [5.41, 5.74) is 5.18. The van der Waals surface area contributed by atoms with Gasteiger partial charge in [-0.05, 0) is 0 Å². The predicted octanol–water partition coefficient (Wildman–Crippen LogP) is -1.43. The number of hydrogen-bond donors (Lipinski definition) is 1.